The Bertz CT molecular complexity index is 1330. The van der Waals surface area contributed by atoms with Gasteiger partial charge in [0.2, 0.25) is 0 Å². The number of nitrogens with one attached hydrogen (secondary N) is 1. The number of carbonyl (C=O) groups is 3. The second-order valence-corrected chi connectivity index (χ2v) is 7.81. The van der Waals surface area contributed by atoms with Gasteiger partial charge in [-0.2, -0.15) is 0 Å². The number of para-hydroxylation sites is 1. The lowest BCUT2D eigenvalue weighted by Crippen LogP contribution is -2.54. The lowest BCUT2D eigenvalue weighted by molar-refractivity contribution is -0.122. The Kier molecular flexibility index (Phi) is 5.84. The van der Waals surface area contributed by atoms with Crippen molar-refractivity contribution in [2.24, 2.45) is 0 Å². The van der Waals surface area contributed by atoms with Crippen molar-refractivity contribution in [2.75, 3.05) is 4.90 Å². The average molecular weight is 487 g/mol. The van der Waals surface area contributed by atoms with E-state index < -0.39 is 17.8 Å². The van der Waals surface area contributed by atoms with Crippen LogP contribution in [-0.4, -0.2) is 28.0 Å². The molecule has 0 aliphatic carbocycles. The molecule has 0 unspecified atom stereocenters. The van der Waals surface area contributed by atoms with Crippen molar-refractivity contribution >= 4 is 70.1 Å². The number of carboxylic acid groups (broad SMARTS) is 1. The fourth-order valence-electron chi connectivity index (χ4n) is 3.08. The van der Waals surface area contributed by atoms with Crippen LogP contribution in [0.25, 0.3) is 17.4 Å². The number of benzene rings is 2. The zero-order valence-corrected chi connectivity index (χ0v) is 18.3. The maximum atomic E-state index is 13.1. The van der Waals surface area contributed by atoms with Gasteiger partial charge in [-0.3, -0.25) is 19.8 Å². The van der Waals surface area contributed by atoms with E-state index in [1.807, 2.05) is 0 Å². The molecule has 1 aliphatic heterocycles. The van der Waals surface area contributed by atoms with Crippen LogP contribution in [0, 0.1) is 0 Å². The second-order valence-electron chi connectivity index (χ2n) is 6.61. The summed E-state index contributed by atoms with van der Waals surface area (Å²) in [5.41, 5.74) is 0.514. The maximum absolute atomic E-state index is 13.1. The topological polar surface area (TPSA) is 99.9 Å². The Morgan fingerprint density at radius 1 is 1.06 bits per heavy atom. The Labute approximate surface area is 196 Å². The number of halogens is 2. The van der Waals surface area contributed by atoms with Crippen molar-refractivity contribution in [3.63, 3.8) is 0 Å². The normalized spacial score (nSPS) is 15.2. The molecule has 2 aromatic carbocycles. The Hall–Kier alpha value is -3.46. The predicted molar refractivity (Wildman–Crippen MR) is 124 cm³/mol. The molecule has 0 bridgehead atoms. The third kappa shape index (κ3) is 4.03. The molecule has 0 saturated carbocycles. The summed E-state index contributed by atoms with van der Waals surface area (Å²) in [6.45, 7) is 0. The number of hydrogen-bond donors (Lipinski definition) is 2. The summed E-state index contributed by atoms with van der Waals surface area (Å²) < 4.78 is 5.71. The first-order chi connectivity index (χ1) is 15.3. The van der Waals surface area contributed by atoms with Gasteiger partial charge in [0.1, 0.15) is 17.1 Å². The summed E-state index contributed by atoms with van der Waals surface area (Å²) in [6.07, 6.45) is 1.28. The number of carboxylic acids is 1. The first-order valence-electron chi connectivity index (χ1n) is 9.05. The minimum absolute atomic E-state index is 0.0776. The zero-order valence-electron chi connectivity index (χ0n) is 16.0. The molecule has 7 nitrogen and oxygen atoms in total. The van der Waals surface area contributed by atoms with Gasteiger partial charge in [0, 0.05) is 5.56 Å². The highest BCUT2D eigenvalue weighted by Crippen LogP contribution is 2.30. The maximum Gasteiger partial charge on any atom is 0.337 e. The number of furan rings is 1. The summed E-state index contributed by atoms with van der Waals surface area (Å²) in [5.74, 6) is -1.98. The fourth-order valence-corrected chi connectivity index (χ4v) is 3.77. The molecule has 4 rings (SSSR count). The molecule has 32 heavy (non-hydrogen) atoms. The van der Waals surface area contributed by atoms with Gasteiger partial charge < -0.3 is 9.52 Å². The molecule has 160 valence electrons. The smallest absolute Gasteiger partial charge is 0.337 e. The number of aromatic carboxylic acids is 1. The molecule has 10 heteroatoms. The third-order valence-corrected chi connectivity index (χ3v) is 5.52. The van der Waals surface area contributed by atoms with E-state index >= 15 is 0 Å². The first kappa shape index (κ1) is 21.8. The van der Waals surface area contributed by atoms with Crippen LogP contribution in [0.3, 0.4) is 0 Å². The summed E-state index contributed by atoms with van der Waals surface area (Å²) in [7, 11) is 0. The zero-order chi connectivity index (χ0) is 23.0. The molecule has 1 aliphatic rings. The number of thiocarbonyl (C=S) groups is 1. The molecule has 2 amide bonds. The van der Waals surface area contributed by atoms with Gasteiger partial charge in [-0.05, 0) is 60.8 Å². The van der Waals surface area contributed by atoms with Gasteiger partial charge in [-0.15, -0.1) is 0 Å². The molecule has 3 aromatic rings. The summed E-state index contributed by atoms with van der Waals surface area (Å²) >= 11 is 17.3. The highest BCUT2D eigenvalue weighted by atomic mass is 35.5. The monoisotopic (exact) mass is 486 g/mol. The molecule has 0 radical (unpaired) electrons. The number of anilines is 1. The summed E-state index contributed by atoms with van der Waals surface area (Å²) in [5, 5.41) is 12.0. The highest BCUT2D eigenvalue weighted by molar-refractivity contribution is 7.80. The van der Waals surface area contributed by atoms with Gasteiger partial charge in [-0.1, -0.05) is 35.3 Å². The molecular formula is C22H12Cl2N2O5S. The molecule has 1 aromatic heterocycles. The summed E-state index contributed by atoms with van der Waals surface area (Å²) in [4.78, 5) is 38.0. The standard InChI is InChI=1S/C22H12Cl2N2O5S/c23-15-7-5-11(9-13(15)21(29)30)18-8-6-12(31-18)10-14-19(27)25-22(32)26(20(14)28)17-4-2-1-3-16(17)24/h1-10H,(H,29,30)(H,25,27,32)/b14-10+. The molecule has 1 fully saturated rings. The van der Waals surface area contributed by atoms with E-state index in [0.717, 1.165) is 4.90 Å². The lowest BCUT2D eigenvalue weighted by Gasteiger charge is -2.29. The highest BCUT2D eigenvalue weighted by Gasteiger charge is 2.35. The van der Waals surface area contributed by atoms with E-state index in [1.165, 1.54) is 18.2 Å². The van der Waals surface area contributed by atoms with Gasteiger partial charge in [0.15, 0.2) is 5.11 Å². The predicted octanol–water partition coefficient (Wildman–Crippen LogP) is 4.78. The van der Waals surface area contributed by atoms with Crippen LogP contribution in [0.1, 0.15) is 16.1 Å². The Morgan fingerprint density at radius 2 is 1.81 bits per heavy atom. The number of nitrogens with zero attached hydrogens (tertiary/aromatic N) is 1. The van der Waals surface area contributed by atoms with Gasteiger partial charge in [-0.25, -0.2) is 4.79 Å². The van der Waals surface area contributed by atoms with Gasteiger partial charge in [0.25, 0.3) is 11.8 Å². The van der Waals surface area contributed by atoms with Gasteiger partial charge >= 0.3 is 5.97 Å². The summed E-state index contributed by atoms with van der Waals surface area (Å²) in [6, 6.07) is 14.1. The average Bonchev–Trinajstić information content (AvgIpc) is 3.21. The van der Waals surface area contributed by atoms with Crippen LogP contribution in [0.5, 0.6) is 0 Å². The van der Waals surface area contributed by atoms with E-state index in [2.05, 4.69) is 5.32 Å². The van der Waals surface area contributed by atoms with Crippen LogP contribution < -0.4 is 10.2 Å². The van der Waals surface area contributed by atoms with Crippen molar-refractivity contribution in [3.05, 3.63) is 81.5 Å². The second kappa shape index (κ2) is 8.58. The minimum atomic E-state index is -1.18. The minimum Gasteiger partial charge on any atom is -0.478 e. The first-order valence-corrected chi connectivity index (χ1v) is 10.2. The lowest BCUT2D eigenvalue weighted by atomic mass is 10.1. The van der Waals surface area contributed by atoms with Crippen molar-refractivity contribution < 1.29 is 23.9 Å². The van der Waals surface area contributed by atoms with Gasteiger partial charge in [0.05, 0.1) is 21.3 Å². The number of rotatable bonds is 4. The number of carbonyl (C=O) groups excluding carboxylic acids is 2. The van der Waals surface area contributed by atoms with Crippen LogP contribution in [0.4, 0.5) is 5.69 Å². The fraction of sp³-hybridized carbons (Fsp3) is 0. The van der Waals surface area contributed by atoms with Crippen molar-refractivity contribution in [2.45, 2.75) is 0 Å². The third-order valence-electron chi connectivity index (χ3n) is 4.59. The Morgan fingerprint density at radius 3 is 2.53 bits per heavy atom. The van der Waals surface area contributed by atoms with Crippen molar-refractivity contribution in [1.82, 2.24) is 5.32 Å². The van der Waals surface area contributed by atoms with E-state index in [-0.39, 0.29) is 32.1 Å². The van der Waals surface area contributed by atoms with Crippen LogP contribution in [0.2, 0.25) is 10.0 Å². The molecule has 0 spiro atoms. The molecule has 2 heterocycles. The molecule has 2 N–H and O–H groups in total. The molecular weight excluding hydrogens is 475 g/mol. The van der Waals surface area contributed by atoms with E-state index in [4.69, 9.17) is 39.8 Å². The Balaban J connectivity index is 1.69. The number of hydrogen-bond acceptors (Lipinski definition) is 5. The van der Waals surface area contributed by atoms with E-state index in [9.17, 15) is 19.5 Å². The van der Waals surface area contributed by atoms with Crippen LogP contribution >= 0.6 is 35.4 Å². The molecule has 0 atom stereocenters. The SMILES string of the molecule is O=C1NC(=S)N(c2ccccc2Cl)C(=O)/C1=C/c1ccc(-c2ccc(Cl)c(C(=O)O)c2)o1. The van der Waals surface area contributed by atoms with Crippen molar-refractivity contribution in [1.29, 1.82) is 0 Å². The van der Waals surface area contributed by atoms with E-state index in [0.29, 0.717) is 17.0 Å². The van der Waals surface area contributed by atoms with Crippen LogP contribution in [0.15, 0.2) is 64.6 Å². The van der Waals surface area contributed by atoms with Crippen molar-refractivity contribution in [3.8, 4) is 11.3 Å². The van der Waals surface area contributed by atoms with E-state index in [1.54, 1.807) is 42.5 Å². The van der Waals surface area contributed by atoms with Crippen LogP contribution in [-0.2, 0) is 9.59 Å². The molecule has 1 saturated heterocycles. The quantitative estimate of drug-likeness (QED) is 0.312. The number of amides is 2. The largest absolute Gasteiger partial charge is 0.478 e.